The molecule has 0 aliphatic heterocycles. The van der Waals surface area contributed by atoms with Crippen molar-refractivity contribution in [2.75, 3.05) is 0 Å². The van der Waals surface area contributed by atoms with E-state index in [1.807, 2.05) is 26.8 Å². The van der Waals surface area contributed by atoms with Crippen molar-refractivity contribution in [3.63, 3.8) is 0 Å². The summed E-state index contributed by atoms with van der Waals surface area (Å²) in [5.74, 6) is 0. The highest BCUT2D eigenvalue weighted by atomic mass is 16.1. The Hall–Kier alpha value is -1.34. The summed E-state index contributed by atoms with van der Waals surface area (Å²) < 4.78 is 0. The molecule has 1 aromatic heterocycles. The van der Waals surface area contributed by atoms with Crippen LogP contribution in [0.5, 0.6) is 0 Å². The molecule has 64 valence electrons. The van der Waals surface area contributed by atoms with Crippen LogP contribution in [0.3, 0.4) is 0 Å². The zero-order valence-electron chi connectivity index (χ0n) is 7.51. The molecule has 1 unspecified atom stereocenters. The van der Waals surface area contributed by atoms with Crippen LogP contribution < -0.4 is 0 Å². The van der Waals surface area contributed by atoms with Gasteiger partial charge in [-0.15, -0.1) is 0 Å². The Morgan fingerprint density at radius 1 is 1.58 bits per heavy atom. The molecule has 3 nitrogen and oxygen atoms in total. The lowest BCUT2D eigenvalue weighted by molar-refractivity contribution is 0.559. The average molecular weight is 164 g/mol. The van der Waals surface area contributed by atoms with Gasteiger partial charge in [0.05, 0.1) is 6.04 Å². The number of hydrogen-bond donors (Lipinski definition) is 1. The van der Waals surface area contributed by atoms with Crippen LogP contribution in [-0.4, -0.2) is 11.1 Å². The van der Waals surface area contributed by atoms with Crippen molar-refractivity contribution >= 4 is 6.08 Å². The molecule has 1 atom stereocenters. The second kappa shape index (κ2) is 3.37. The van der Waals surface area contributed by atoms with E-state index < -0.39 is 0 Å². The van der Waals surface area contributed by atoms with Gasteiger partial charge in [-0.05, 0) is 32.4 Å². The third-order valence-electron chi connectivity index (χ3n) is 1.89. The summed E-state index contributed by atoms with van der Waals surface area (Å²) in [5, 5.41) is 0. The fourth-order valence-corrected chi connectivity index (χ4v) is 1.33. The van der Waals surface area contributed by atoms with Crippen molar-refractivity contribution in [3.8, 4) is 0 Å². The molecule has 0 saturated carbocycles. The monoisotopic (exact) mass is 164 g/mol. The maximum absolute atomic E-state index is 10.0. The summed E-state index contributed by atoms with van der Waals surface area (Å²) >= 11 is 0. The maximum atomic E-state index is 10.0. The fourth-order valence-electron chi connectivity index (χ4n) is 1.33. The molecule has 0 fully saturated rings. The first-order valence-corrected chi connectivity index (χ1v) is 3.88. The van der Waals surface area contributed by atoms with Crippen molar-refractivity contribution in [2.45, 2.75) is 26.8 Å². The number of aromatic nitrogens is 1. The molecule has 0 spiro atoms. The Bertz CT molecular complexity index is 321. The Balaban J connectivity index is 3.01. The highest BCUT2D eigenvalue weighted by Gasteiger charge is 2.08. The lowest BCUT2D eigenvalue weighted by Gasteiger charge is -2.00. The van der Waals surface area contributed by atoms with Crippen LogP contribution in [0.25, 0.3) is 0 Å². The standard InChI is InChI=1S/C9H12N2O/c1-6-4-9(8(3)11-6)7(2)10-5-12/h4,7,11H,1-3H3. The fraction of sp³-hybridized carbons (Fsp3) is 0.444. The van der Waals surface area contributed by atoms with E-state index in [2.05, 4.69) is 9.98 Å². The van der Waals surface area contributed by atoms with Crippen LogP contribution in [0.15, 0.2) is 11.1 Å². The topological polar surface area (TPSA) is 45.2 Å². The Kier molecular flexibility index (Phi) is 2.46. The number of nitrogens with one attached hydrogen (secondary N) is 1. The largest absolute Gasteiger partial charge is 0.362 e. The van der Waals surface area contributed by atoms with Crippen LogP contribution in [0.2, 0.25) is 0 Å². The molecular formula is C9H12N2O. The Morgan fingerprint density at radius 2 is 2.25 bits per heavy atom. The minimum Gasteiger partial charge on any atom is -0.362 e. The number of nitrogens with zero attached hydrogens (tertiary/aromatic N) is 1. The van der Waals surface area contributed by atoms with E-state index >= 15 is 0 Å². The lowest BCUT2D eigenvalue weighted by Crippen LogP contribution is -1.89. The molecule has 0 aliphatic carbocycles. The molecule has 0 bridgehead atoms. The van der Waals surface area contributed by atoms with Crippen LogP contribution in [0.1, 0.15) is 29.9 Å². The predicted octanol–water partition coefficient (Wildman–Crippen LogP) is 2.03. The Morgan fingerprint density at radius 3 is 2.67 bits per heavy atom. The van der Waals surface area contributed by atoms with Gasteiger partial charge in [-0.2, -0.15) is 4.99 Å². The van der Waals surface area contributed by atoms with Gasteiger partial charge in [0.2, 0.25) is 6.08 Å². The highest BCUT2D eigenvalue weighted by Crippen LogP contribution is 2.20. The van der Waals surface area contributed by atoms with Gasteiger partial charge in [0.15, 0.2) is 0 Å². The van der Waals surface area contributed by atoms with Crippen LogP contribution in [0.4, 0.5) is 0 Å². The smallest absolute Gasteiger partial charge is 0.235 e. The molecule has 1 aromatic rings. The summed E-state index contributed by atoms with van der Waals surface area (Å²) in [4.78, 5) is 16.8. The normalized spacial score (nSPS) is 12.2. The van der Waals surface area contributed by atoms with Crippen molar-refractivity contribution in [1.29, 1.82) is 0 Å². The molecule has 0 aliphatic rings. The molecule has 0 aromatic carbocycles. The van der Waals surface area contributed by atoms with E-state index in [1.54, 1.807) is 6.08 Å². The van der Waals surface area contributed by atoms with Crippen LogP contribution in [0, 0.1) is 13.8 Å². The third kappa shape index (κ3) is 1.63. The van der Waals surface area contributed by atoms with Gasteiger partial charge in [-0.1, -0.05) is 0 Å². The number of aliphatic imine (C=N–C) groups is 1. The van der Waals surface area contributed by atoms with E-state index in [4.69, 9.17) is 0 Å². The zero-order chi connectivity index (χ0) is 9.14. The predicted molar refractivity (Wildman–Crippen MR) is 46.8 cm³/mol. The Labute approximate surface area is 71.5 Å². The zero-order valence-corrected chi connectivity index (χ0v) is 7.51. The molecule has 0 amide bonds. The first kappa shape index (κ1) is 8.75. The van der Waals surface area contributed by atoms with Gasteiger partial charge in [0.25, 0.3) is 0 Å². The van der Waals surface area contributed by atoms with Crippen LogP contribution >= 0.6 is 0 Å². The van der Waals surface area contributed by atoms with E-state index in [-0.39, 0.29) is 6.04 Å². The number of isocyanates is 1. The average Bonchev–Trinajstić information content (AvgIpc) is 2.30. The third-order valence-corrected chi connectivity index (χ3v) is 1.89. The minimum absolute atomic E-state index is 0.0903. The van der Waals surface area contributed by atoms with E-state index in [0.29, 0.717) is 0 Å². The molecule has 1 N–H and O–H groups in total. The molecule has 12 heavy (non-hydrogen) atoms. The van der Waals surface area contributed by atoms with Gasteiger partial charge in [-0.25, -0.2) is 4.79 Å². The maximum Gasteiger partial charge on any atom is 0.235 e. The second-order valence-corrected chi connectivity index (χ2v) is 2.93. The first-order chi connectivity index (χ1) is 5.65. The van der Waals surface area contributed by atoms with Gasteiger partial charge in [-0.3, -0.25) is 0 Å². The summed E-state index contributed by atoms with van der Waals surface area (Å²) in [5.41, 5.74) is 3.23. The van der Waals surface area contributed by atoms with E-state index in [1.165, 1.54) is 0 Å². The number of aryl methyl sites for hydroxylation is 2. The molecule has 1 rings (SSSR count). The highest BCUT2D eigenvalue weighted by molar-refractivity contribution is 5.36. The lowest BCUT2D eigenvalue weighted by atomic mass is 10.1. The van der Waals surface area contributed by atoms with Gasteiger partial charge < -0.3 is 4.98 Å². The number of rotatable bonds is 2. The van der Waals surface area contributed by atoms with Crippen molar-refractivity contribution in [3.05, 3.63) is 23.0 Å². The number of hydrogen-bond acceptors (Lipinski definition) is 2. The van der Waals surface area contributed by atoms with Crippen molar-refractivity contribution in [2.24, 2.45) is 4.99 Å². The van der Waals surface area contributed by atoms with Gasteiger partial charge in [0.1, 0.15) is 0 Å². The number of carbonyl (C=O) groups excluding carboxylic acids is 1. The molecule has 0 radical (unpaired) electrons. The van der Waals surface area contributed by atoms with E-state index in [9.17, 15) is 4.79 Å². The second-order valence-electron chi connectivity index (χ2n) is 2.93. The quantitative estimate of drug-likeness (QED) is 0.527. The molecular weight excluding hydrogens is 152 g/mol. The molecule has 3 heteroatoms. The first-order valence-electron chi connectivity index (χ1n) is 3.88. The molecule has 0 saturated heterocycles. The summed E-state index contributed by atoms with van der Waals surface area (Å²) in [6.45, 7) is 5.83. The van der Waals surface area contributed by atoms with Crippen molar-refractivity contribution in [1.82, 2.24) is 4.98 Å². The van der Waals surface area contributed by atoms with Gasteiger partial charge in [0, 0.05) is 11.4 Å². The van der Waals surface area contributed by atoms with E-state index in [0.717, 1.165) is 17.0 Å². The van der Waals surface area contributed by atoms with Gasteiger partial charge >= 0.3 is 0 Å². The number of aromatic amines is 1. The summed E-state index contributed by atoms with van der Waals surface area (Å²) in [6, 6.07) is 1.91. The van der Waals surface area contributed by atoms with Crippen molar-refractivity contribution < 1.29 is 4.79 Å². The summed E-state index contributed by atoms with van der Waals surface area (Å²) in [7, 11) is 0. The molecule has 1 heterocycles. The SMILES string of the molecule is Cc1cc(C(C)N=C=O)c(C)[nH]1. The minimum atomic E-state index is -0.0903. The number of H-pyrrole nitrogens is 1. The van der Waals surface area contributed by atoms with Crippen LogP contribution in [-0.2, 0) is 4.79 Å². The summed E-state index contributed by atoms with van der Waals surface area (Å²) in [6.07, 6.45) is 1.56.